The summed E-state index contributed by atoms with van der Waals surface area (Å²) in [7, 11) is 2.20. The van der Waals surface area contributed by atoms with Crippen molar-refractivity contribution in [3.8, 4) is 0 Å². The van der Waals surface area contributed by atoms with E-state index in [1.54, 1.807) is 0 Å². The third-order valence-electron chi connectivity index (χ3n) is 3.60. The van der Waals surface area contributed by atoms with Crippen LogP contribution in [-0.4, -0.2) is 43.3 Å². The summed E-state index contributed by atoms with van der Waals surface area (Å²) in [5.74, 6) is 0. The van der Waals surface area contributed by atoms with Crippen molar-refractivity contribution >= 4 is 0 Å². The van der Waals surface area contributed by atoms with E-state index in [2.05, 4.69) is 25.8 Å². The van der Waals surface area contributed by atoms with Crippen LogP contribution in [0.25, 0.3) is 0 Å². The first-order chi connectivity index (χ1) is 7.20. The van der Waals surface area contributed by atoms with E-state index in [-0.39, 0.29) is 0 Å². The predicted octanol–water partition coefficient (Wildman–Crippen LogP) is 1.61. The molecule has 0 amide bonds. The SMILES string of the molecule is CCCCC(CN)N(C)C1CCOC1C. The van der Waals surface area contributed by atoms with Crippen LogP contribution < -0.4 is 5.73 Å². The number of rotatable bonds is 6. The van der Waals surface area contributed by atoms with Crippen molar-refractivity contribution in [2.75, 3.05) is 20.2 Å². The Kier molecular flexibility index (Phi) is 5.58. The van der Waals surface area contributed by atoms with Gasteiger partial charge >= 0.3 is 0 Å². The van der Waals surface area contributed by atoms with E-state index in [9.17, 15) is 0 Å². The van der Waals surface area contributed by atoms with Crippen LogP contribution >= 0.6 is 0 Å². The molecule has 3 atom stereocenters. The molecule has 1 rings (SSSR count). The molecule has 1 aliphatic heterocycles. The van der Waals surface area contributed by atoms with Gasteiger partial charge in [-0.3, -0.25) is 4.90 Å². The quantitative estimate of drug-likeness (QED) is 0.730. The lowest BCUT2D eigenvalue weighted by Crippen LogP contribution is -2.46. The Hall–Kier alpha value is -0.120. The summed E-state index contributed by atoms with van der Waals surface area (Å²) in [4.78, 5) is 2.44. The zero-order valence-electron chi connectivity index (χ0n) is 10.4. The van der Waals surface area contributed by atoms with Gasteiger partial charge in [-0.1, -0.05) is 19.8 Å². The highest BCUT2D eigenvalue weighted by molar-refractivity contribution is 4.84. The standard InChI is InChI=1S/C12H26N2O/c1-4-5-6-11(9-13)14(3)12-7-8-15-10(12)2/h10-12H,4-9,13H2,1-3H3. The lowest BCUT2D eigenvalue weighted by Gasteiger charge is -2.33. The molecule has 2 N–H and O–H groups in total. The van der Waals surface area contributed by atoms with Crippen LogP contribution in [-0.2, 0) is 4.74 Å². The second-order valence-electron chi connectivity index (χ2n) is 4.63. The van der Waals surface area contributed by atoms with Crippen LogP contribution in [0.4, 0.5) is 0 Å². The smallest absolute Gasteiger partial charge is 0.0703 e. The molecule has 0 aromatic carbocycles. The molecule has 3 unspecified atom stereocenters. The highest BCUT2D eigenvalue weighted by Gasteiger charge is 2.30. The predicted molar refractivity (Wildman–Crippen MR) is 63.9 cm³/mol. The second-order valence-corrected chi connectivity index (χ2v) is 4.63. The Labute approximate surface area is 94.0 Å². The fourth-order valence-corrected chi connectivity index (χ4v) is 2.45. The van der Waals surface area contributed by atoms with Crippen LogP contribution in [0.5, 0.6) is 0 Å². The highest BCUT2D eigenvalue weighted by atomic mass is 16.5. The number of ether oxygens (including phenoxy) is 1. The minimum atomic E-state index is 0.366. The number of unbranched alkanes of at least 4 members (excludes halogenated alkanes) is 1. The van der Waals surface area contributed by atoms with Gasteiger partial charge in [0.1, 0.15) is 0 Å². The second kappa shape index (κ2) is 6.46. The molecular formula is C12H26N2O. The monoisotopic (exact) mass is 214 g/mol. The first kappa shape index (κ1) is 12.9. The molecule has 1 fully saturated rings. The molecule has 3 heteroatoms. The van der Waals surface area contributed by atoms with Crippen molar-refractivity contribution in [3.05, 3.63) is 0 Å². The van der Waals surface area contributed by atoms with Gasteiger partial charge in [0.05, 0.1) is 6.10 Å². The van der Waals surface area contributed by atoms with E-state index < -0.39 is 0 Å². The lowest BCUT2D eigenvalue weighted by molar-refractivity contribution is 0.0666. The van der Waals surface area contributed by atoms with Crippen molar-refractivity contribution in [2.45, 2.75) is 57.7 Å². The fourth-order valence-electron chi connectivity index (χ4n) is 2.45. The van der Waals surface area contributed by atoms with Gasteiger partial charge in [0, 0.05) is 25.2 Å². The number of likely N-dealkylation sites (N-methyl/N-ethyl adjacent to an activating group) is 1. The molecule has 1 saturated heterocycles. The van der Waals surface area contributed by atoms with E-state index in [0.717, 1.165) is 19.6 Å². The molecule has 0 radical (unpaired) electrons. The molecule has 0 saturated carbocycles. The largest absolute Gasteiger partial charge is 0.377 e. The molecule has 0 spiro atoms. The Balaban J connectivity index is 2.44. The van der Waals surface area contributed by atoms with Gasteiger partial charge in [0.25, 0.3) is 0 Å². The molecular weight excluding hydrogens is 188 g/mol. The van der Waals surface area contributed by atoms with Crippen LogP contribution in [0.2, 0.25) is 0 Å². The van der Waals surface area contributed by atoms with Gasteiger partial charge < -0.3 is 10.5 Å². The Bertz CT molecular complexity index is 175. The zero-order valence-corrected chi connectivity index (χ0v) is 10.4. The molecule has 0 aromatic rings. The Morgan fingerprint density at radius 1 is 1.53 bits per heavy atom. The van der Waals surface area contributed by atoms with Gasteiger partial charge in [0.2, 0.25) is 0 Å². The zero-order chi connectivity index (χ0) is 11.3. The average molecular weight is 214 g/mol. The third kappa shape index (κ3) is 3.44. The van der Waals surface area contributed by atoms with Crippen LogP contribution in [0, 0.1) is 0 Å². The highest BCUT2D eigenvalue weighted by Crippen LogP contribution is 2.21. The summed E-state index contributed by atoms with van der Waals surface area (Å²) in [5.41, 5.74) is 5.85. The van der Waals surface area contributed by atoms with Crippen molar-refractivity contribution in [2.24, 2.45) is 5.73 Å². The summed E-state index contributed by atoms with van der Waals surface area (Å²) < 4.78 is 5.60. The maximum Gasteiger partial charge on any atom is 0.0703 e. The van der Waals surface area contributed by atoms with E-state index >= 15 is 0 Å². The topological polar surface area (TPSA) is 38.5 Å². The van der Waals surface area contributed by atoms with E-state index in [4.69, 9.17) is 10.5 Å². The number of nitrogens with two attached hydrogens (primary N) is 1. The van der Waals surface area contributed by atoms with Gasteiger partial charge in [-0.2, -0.15) is 0 Å². The summed E-state index contributed by atoms with van der Waals surface area (Å²) >= 11 is 0. The molecule has 1 aliphatic rings. The van der Waals surface area contributed by atoms with Gasteiger partial charge in [0.15, 0.2) is 0 Å². The molecule has 3 nitrogen and oxygen atoms in total. The minimum absolute atomic E-state index is 0.366. The van der Waals surface area contributed by atoms with Crippen LogP contribution in [0.15, 0.2) is 0 Å². The maximum absolute atomic E-state index is 5.85. The summed E-state index contributed by atoms with van der Waals surface area (Å²) in [6, 6.07) is 1.09. The van der Waals surface area contributed by atoms with E-state index in [1.165, 1.54) is 19.3 Å². The van der Waals surface area contributed by atoms with Crippen LogP contribution in [0.3, 0.4) is 0 Å². The summed E-state index contributed by atoms with van der Waals surface area (Å²) in [5, 5.41) is 0. The van der Waals surface area contributed by atoms with Gasteiger partial charge in [-0.05, 0) is 26.8 Å². The normalized spacial score (nSPS) is 28.6. The number of hydrogen-bond donors (Lipinski definition) is 1. The minimum Gasteiger partial charge on any atom is -0.377 e. The van der Waals surface area contributed by atoms with E-state index in [1.807, 2.05) is 0 Å². The molecule has 0 aliphatic carbocycles. The average Bonchev–Trinajstić information content (AvgIpc) is 2.65. The molecule has 0 bridgehead atoms. The van der Waals surface area contributed by atoms with Crippen LogP contribution in [0.1, 0.15) is 39.5 Å². The molecule has 90 valence electrons. The first-order valence-corrected chi connectivity index (χ1v) is 6.24. The van der Waals surface area contributed by atoms with Crippen molar-refractivity contribution in [1.82, 2.24) is 4.90 Å². The first-order valence-electron chi connectivity index (χ1n) is 6.24. The van der Waals surface area contributed by atoms with Crippen molar-refractivity contribution in [1.29, 1.82) is 0 Å². The van der Waals surface area contributed by atoms with E-state index in [0.29, 0.717) is 18.2 Å². The third-order valence-corrected chi connectivity index (χ3v) is 3.60. The molecule has 1 heterocycles. The number of nitrogens with zero attached hydrogens (tertiary/aromatic N) is 1. The van der Waals surface area contributed by atoms with Crippen molar-refractivity contribution < 1.29 is 4.74 Å². The fraction of sp³-hybridized carbons (Fsp3) is 1.00. The van der Waals surface area contributed by atoms with Gasteiger partial charge in [-0.25, -0.2) is 0 Å². The molecule has 15 heavy (non-hydrogen) atoms. The Morgan fingerprint density at radius 3 is 2.73 bits per heavy atom. The summed E-state index contributed by atoms with van der Waals surface area (Å²) in [6.45, 7) is 6.07. The van der Waals surface area contributed by atoms with Crippen molar-refractivity contribution in [3.63, 3.8) is 0 Å². The lowest BCUT2D eigenvalue weighted by atomic mass is 10.0. The Morgan fingerprint density at radius 2 is 2.27 bits per heavy atom. The summed E-state index contributed by atoms with van der Waals surface area (Å²) in [6.07, 6.45) is 5.26. The number of hydrogen-bond acceptors (Lipinski definition) is 3. The molecule has 0 aromatic heterocycles. The maximum atomic E-state index is 5.85. The van der Waals surface area contributed by atoms with Gasteiger partial charge in [-0.15, -0.1) is 0 Å².